The summed E-state index contributed by atoms with van der Waals surface area (Å²) in [6.45, 7) is 0. The van der Waals surface area contributed by atoms with E-state index >= 15 is 0 Å². The summed E-state index contributed by atoms with van der Waals surface area (Å²) in [6, 6.07) is 0. The van der Waals surface area contributed by atoms with Crippen molar-refractivity contribution >= 4 is 29.1 Å². The SMILES string of the molecule is FB(F)C(B(F)F)(B(F)F)B(F)F. The van der Waals surface area contributed by atoms with Crippen LogP contribution in [0.25, 0.3) is 0 Å². The van der Waals surface area contributed by atoms with Gasteiger partial charge in [0.1, 0.15) is 5.01 Å². The van der Waals surface area contributed by atoms with Crippen LogP contribution in [0.15, 0.2) is 0 Å². The topological polar surface area (TPSA) is 0 Å². The lowest BCUT2D eigenvalue weighted by atomic mass is 9.19. The Morgan fingerprint density at radius 1 is 0.462 bits per heavy atom. The molecule has 0 aromatic carbocycles. The predicted octanol–water partition coefficient (Wildman–Crippen LogP) is 2.05. The van der Waals surface area contributed by atoms with E-state index in [-0.39, 0.29) is 0 Å². The van der Waals surface area contributed by atoms with Crippen molar-refractivity contribution in [1.29, 1.82) is 0 Å². The molecule has 0 spiro atoms. The largest absolute Gasteiger partial charge is 0.540 e. The second-order valence-corrected chi connectivity index (χ2v) is 2.20. The first-order valence-electron chi connectivity index (χ1n) is 2.90. The summed E-state index contributed by atoms with van der Waals surface area (Å²) in [4.78, 5) is 0. The van der Waals surface area contributed by atoms with Gasteiger partial charge in [-0.05, 0) is 0 Å². The van der Waals surface area contributed by atoms with Crippen molar-refractivity contribution in [2.24, 2.45) is 0 Å². The van der Waals surface area contributed by atoms with Crippen LogP contribution in [0.5, 0.6) is 0 Å². The average molecular weight is 207 g/mol. The molecule has 0 radical (unpaired) electrons. The van der Waals surface area contributed by atoms with E-state index in [9.17, 15) is 34.5 Å². The maximum Gasteiger partial charge on any atom is 0.540 e. The second kappa shape index (κ2) is 4.28. The van der Waals surface area contributed by atoms with Gasteiger partial charge in [0, 0.05) is 0 Å². The van der Waals surface area contributed by atoms with Crippen LogP contribution in [0.1, 0.15) is 0 Å². The normalized spacial score (nSPS) is 11.1. The third kappa shape index (κ3) is 1.96. The van der Waals surface area contributed by atoms with Crippen molar-refractivity contribution in [3.8, 4) is 0 Å². The third-order valence-electron chi connectivity index (χ3n) is 1.51. The van der Waals surface area contributed by atoms with Crippen molar-refractivity contribution < 1.29 is 34.5 Å². The Morgan fingerprint density at radius 2 is 0.615 bits per heavy atom. The average Bonchev–Trinajstić information content (AvgIpc) is 1.82. The Balaban J connectivity index is 5.06. The Morgan fingerprint density at radius 3 is 0.615 bits per heavy atom. The molecule has 0 heterocycles. The lowest BCUT2D eigenvalue weighted by molar-refractivity contribution is 0.524. The van der Waals surface area contributed by atoms with Crippen molar-refractivity contribution in [1.82, 2.24) is 0 Å². The van der Waals surface area contributed by atoms with Crippen LogP contribution >= 0.6 is 0 Å². The summed E-state index contributed by atoms with van der Waals surface area (Å²) >= 11 is 0. The van der Waals surface area contributed by atoms with Crippen LogP contribution < -0.4 is 0 Å². The van der Waals surface area contributed by atoms with E-state index in [1.807, 2.05) is 0 Å². The van der Waals surface area contributed by atoms with E-state index in [0.29, 0.717) is 0 Å². The molecule has 0 N–H and O–H groups in total. The van der Waals surface area contributed by atoms with Gasteiger partial charge in [-0.3, -0.25) is 34.5 Å². The van der Waals surface area contributed by atoms with Gasteiger partial charge in [0.2, 0.25) is 0 Å². The molecule has 0 nitrogen and oxygen atoms in total. The Bertz CT molecular complexity index is 119. The van der Waals surface area contributed by atoms with Gasteiger partial charge in [-0.2, -0.15) is 0 Å². The molecule has 0 aromatic heterocycles. The molecule has 13 heavy (non-hydrogen) atoms. The van der Waals surface area contributed by atoms with E-state index in [1.54, 1.807) is 0 Å². The zero-order valence-corrected chi connectivity index (χ0v) is 5.83. The van der Waals surface area contributed by atoms with Crippen molar-refractivity contribution in [2.75, 3.05) is 0 Å². The monoisotopic (exact) mass is 208 g/mol. The molecule has 0 aliphatic rings. The molecule has 0 fully saturated rings. The Kier molecular flexibility index (Phi) is 4.18. The summed E-state index contributed by atoms with van der Waals surface area (Å²) in [5, 5.41) is -4.83. The summed E-state index contributed by atoms with van der Waals surface area (Å²) in [7, 11) is -17.9. The van der Waals surface area contributed by atoms with E-state index < -0.39 is 34.1 Å². The van der Waals surface area contributed by atoms with Gasteiger partial charge in [0.25, 0.3) is 0 Å². The lowest BCUT2D eigenvalue weighted by Crippen LogP contribution is -2.52. The van der Waals surface area contributed by atoms with Gasteiger partial charge < -0.3 is 0 Å². The molecule has 0 atom stereocenters. The summed E-state index contributed by atoms with van der Waals surface area (Å²) in [5.74, 6) is 0. The first-order valence-corrected chi connectivity index (χ1v) is 2.90. The summed E-state index contributed by atoms with van der Waals surface area (Å²) in [5.41, 5.74) is 0. The highest BCUT2D eigenvalue weighted by Crippen LogP contribution is 2.43. The smallest absolute Gasteiger partial charge is 0.288 e. The fourth-order valence-electron chi connectivity index (χ4n) is 0.571. The maximum absolute atomic E-state index is 11.7. The van der Waals surface area contributed by atoms with Gasteiger partial charge in [-0.1, -0.05) is 0 Å². The van der Waals surface area contributed by atoms with Crippen LogP contribution in [0, 0.1) is 0 Å². The fraction of sp³-hybridized carbons (Fsp3) is 1.00. The Hall–Kier alpha value is -0.300. The van der Waals surface area contributed by atoms with Crippen LogP contribution in [-0.2, 0) is 0 Å². The summed E-state index contributed by atoms with van der Waals surface area (Å²) < 4.78 is 93.3. The van der Waals surface area contributed by atoms with Crippen LogP contribution in [-0.4, -0.2) is 29.1 Å². The number of hydrogen-bond acceptors (Lipinski definition) is 0. The lowest BCUT2D eigenvalue weighted by Gasteiger charge is -2.20. The van der Waals surface area contributed by atoms with Gasteiger partial charge in [-0.15, -0.1) is 0 Å². The molecule has 12 heteroatoms. The molecular weight excluding hydrogens is 207 g/mol. The standard InChI is InChI=1S/CB4F8/c6-2(7)1(3(8)9,4(10)11)5(12)13. The quantitative estimate of drug-likeness (QED) is 0.489. The molecular formula is CB4F8. The van der Waals surface area contributed by atoms with Crippen molar-refractivity contribution in [3.63, 3.8) is 0 Å². The molecule has 0 unspecified atom stereocenters. The minimum Gasteiger partial charge on any atom is -0.288 e. The van der Waals surface area contributed by atoms with Crippen LogP contribution in [0.3, 0.4) is 0 Å². The van der Waals surface area contributed by atoms with E-state index in [4.69, 9.17) is 0 Å². The van der Waals surface area contributed by atoms with Crippen molar-refractivity contribution in [3.05, 3.63) is 0 Å². The van der Waals surface area contributed by atoms with E-state index in [1.165, 1.54) is 0 Å². The number of hydrogen-bond donors (Lipinski definition) is 0. The highest BCUT2D eigenvalue weighted by Gasteiger charge is 2.75. The molecule has 0 saturated carbocycles. The highest BCUT2D eigenvalue weighted by atomic mass is 19.3. The molecule has 0 bridgehead atoms. The van der Waals surface area contributed by atoms with Gasteiger partial charge in [0.15, 0.2) is 0 Å². The molecule has 0 saturated heterocycles. The Labute approximate surface area is 69.7 Å². The molecule has 0 aliphatic heterocycles. The van der Waals surface area contributed by atoms with E-state index in [0.717, 1.165) is 0 Å². The second-order valence-electron chi connectivity index (χ2n) is 2.20. The minimum absolute atomic E-state index is 4.48. The molecule has 72 valence electrons. The third-order valence-corrected chi connectivity index (χ3v) is 1.51. The van der Waals surface area contributed by atoms with E-state index in [2.05, 4.69) is 0 Å². The van der Waals surface area contributed by atoms with Crippen LogP contribution in [0.2, 0.25) is 5.01 Å². The van der Waals surface area contributed by atoms with Crippen molar-refractivity contribution in [2.45, 2.75) is 5.01 Å². The highest BCUT2D eigenvalue weighted by molar-refractivity contribution is 7.02. The summed E-state index contributed by atoms with van der Waals surface area (Å²) in [6.07, 6.45) is 0. The van der Waals surface area contributed by atoms with Crippen LogP contribution in [0.4, 0.5) is 34.5 Å². The fourth-order valence-corrected chi connectivity index (χ4v) is 0.571. The molecule has 0 rings (SSSR count). The van der Waals surface area contributed by atoms with Gasteiger partial charge >= 0.3 is 29.1 Å². The maximum atomic E-state index is 11.7. The minimum atomic E-state index is -4.83. The van der Waals surface area contributed by atoms with Gasteiger partial charge in [0.05, 0.1) is 0 Å². The molecule has 0 aromatic rings. The predicted molar refractivity (Wildman–Crippen MR) is 34.6 cm³/mol. The first kappa shape index (κ1) is 12.7. The zero-order chi connectivity index (χ0) is 10.8. The number of halogens is 8. The molecule has 0 amide bonds. The zero-order valence-electron chi connectivity index (χ0n) is 5.83. The molecule has 0 aliphatic carbocycles. The number of rotatable bonds is 4. The first-order chi connectivity index (χ1) is 5.77. The van der Waals surface area contributed by atoms with Gasteiger partial charge in [-0.25, -0.2) is 0 Å².